The average Bonchev–Trinajstić information content (AvgIpc) is 3.03. The van der Waals surface area contributed by atoms with Gasteiger partial charge < -0.3 is 9.84 Å². The maximum Gasteiger partial charge on any atom is 0.325 e. The highest BCUT2D eigenvalue weighted by Crippen LogP contribution is 2.40. The molecule has 2 atom stereocenters. The Labute approximate surface area is 157 Å². The minimum Gasteiger partial charge on any atom is -0.468 e. The van der Waals surface area contributed by atoms with Gasteiger partial charge in [-0.3, -0.25) is 29.1 Å². The van der Waals surface area contributed by atoms with Crippen LogP contribution in [0.15, 0.2) is 30.3 Å². The number of carbonyl (C=O) groups excluding carboxylic acids is 3. The minimum absolute atomic E-state index is 0.282. The van der Waals surface area contributed by atoms with E-state index in [2.05, 4.69) is 9.64 Å². The summed E-state index contributed by atoms with van der Waals surface area (Å²) in [6.07, 6.45) is -0.366. The molecule has 2 unspecified atom stereocenters. The number of piperazine rings is 1. The molecule has 0 radical (unpaired) electrons. The lowest BCUT2D eigenvalue weighted by Gasteiger charge is -2.58. The highest BCUT2D eigenvalue weighted by atomic mass is 16.5. The summed E-state index contributed by atoms with van der Waals surface area (Å²) in [5.41, 5.74) is 0.287. The molecule has 1 N–H and O–H groups in total. The van der Waals surface area contributed by atoms with E-state index in [0.29, 0.717) is 26.2 Å². The number of ether oxygens (including phenoxy) is 1. The third-order valence-corrected chi connectivity index (χ3v) is 5.76. The molecule has 0 saturated carbocycles. The number of imide groups is 1. The molecular formula is C19H23N3O5. The van der Waals surface area contributed by atoms with Crippen molar-refractivity contribution in [1.29, 1.82) is 0 Å². The zero-order valence-electron chi connectivity index (χ0n) is 15.2. The molecule has 4 rings (SSSR count). The van der Waals surface area contributed by atoms with Gasteiger partial charge in [-0.25, -0.2) is 0 Å². The van der Waals surface area contributed by atoms with Crippen molar-refractivity contribution in [2.45, 2.75) is 30.7 Å². The molecular weight excluding hydrogens is 350 g/mol. The number of hydrogen-bond acceptors (Lipinski definition) is 7. The maximum atomic E-state index is 13.2. The van der Waals surface area contributed by atoms with Gasteiger partial charge in [0, 0.05) is 26.2 Å². The van der Waals surface area contributed by atoms with Gasteiger partial charge in [0.2, 0.25) is 5.91 Å². The van der Waals surface area contributed by atoms with Crippen LogP contribution >= 0.6 is 0 Å². The molecule has 3 aliphatic heterocycles. The van der Waals surface area contributed by atoms with Crippen molar-refractivity contribution >= 4 is 17.8 Å². The number of benzene rings is 1. The normalized spacial score (nSPS) is 27.6. The van der Waals surface area contributed by atoms with Crippen molar-refractivity contribution in [2.75, 3.05) is 33.3 Å². The molecule has 3 aliphatic rings. The number of methoxy groups -OCH3 is 1. The quantitative estimate of drug-likeness (QED) is 0.547. The van der Waals surface area contributed by atoms with Gasteiger partial charge in [0.25, 0.3) is 5.91 Å². The Kier molecular flexibility index (Phi) is 4.49. The third-order valence-electron chi connectivity index (χ3n) is 5.76. The summed E-state index contributed by atoms with van der Waals surface area (Å²) < 4.78 is 4.64. The van der Waals surface area contributed by atoms with Crippen molar-refractivity contribution in [3.05, 3.63) is 35.9 Å². The second-order valence-corrected chi connectivity index (χ2v) is 7.53. The molecule has 1 spiro atoms. The summed E-state index contributed by atoms with van der Waals surface area (Å²) in [6.45, 7) is 1.56. The molecule has 27 heavy (non-hydrogen) atoms. The Morgan fingerprint density at radius 2 is 1.96 bits per heavy atom. The van der Waals surface area contributed by atoms with Gasteiger partial charge in [-0.1, -0.05) is 30.3 Å². The Hall–Kier alpha value is -2.29. The van der Waals surface area contributed by atoms with E-state index < -0.39 is 29.6 Å². The van der Waals surface area contributed by atoms with Crippen LogP contribution < -0.4 is 0 Å². The Morgan fingerprint density at radius 3 is 2.63 bits per heavy atom. The van der Waals surface area contributed by atoms with Crippen molar-refractivity contribution in [2.24, 2.45) is 0 Å². The smallest absolute Gasteiger partial charge is 0.325 e. The van der Waals surface area contributed by atoms with Crippen LogP contribution in [0.1, 0.15) is 12.0 Å². The second-order valence-electron chi connectivity index (χ2n) is 7.53. The predicted octanol–water partition coefficient (Wildman–Crippen LogP) is -0.782. The van der Waals surface area contributed by atoms with E-state index in [1.54, 1.807) is 0 Å². The van der Waals surface area contributed by atoms with E-state index >= 15 is 0 Å². The first-order valence-electron chi connectivity index (χ1n) is 9.08. The molecule has 3 heterocycles. The topological polar surface area (TPSA) is 90.4 Å². The van der Waals surface area contributed by atoms with E-state index in [4.69, 9.17) is 0 Å². The molecule has 144 valence electrons. The zero-order valence-corrected chi connectivity index (χ0v) is 15.2. The van der Waals surface area contributed by atoms with Gasteiger partial charge in [0.15, 0.2) is 0 Å². The van der Waals surface area contributed by atoms with Gasteiger partial charge in [0.05, 0.1) is 19.3 Å². The maximum absolute atomic E-state index is 13.2. The fourth-order valence-corrected chi connectivity index (χ4v) is 4.48. The van der Waals surface area contributed by atoms with Crippen LogP contribution in [0.2, 0.25) is 0 Å². The second kappa shape index (κ2) is 6.70. The van der Waals surface area contributed by atoms with Crippen LogP contribution in [-0.4, -0.2) is 88.6 Å². The first-order chi connectivity index (χ1) is 12.9. The van der Waals surface area contributed by atoms with Crippen LogP contribution in [0.25, 0.3) is 0 Å². The number of esters is 1. The standard InChI is InChI=1S/C19H23N3O5/c1-27-16(24)10-21-17(25)15-7-14(23)9-22(15)19(18(21)26)11-20(12-19)8-13-5-3-2-4-6-13/h2-6,14-15,23H,7-12H2,1H3. The SMILES string of the molecule is COC(=O)CN1C(=O)C2CC(O)CN2C2(CN(Cc3ccccc3)C2)C1=O. The molecule has 2 amide bonds. The summed E-state index contributed by atoms with van der Waals surface area (Å²) in [7, 11) is 1.23. The van der Waals surface area contributed by atoms with Gasteiger partial charge in [0.1, 0.15) is 12.1 Å². The van der Waals surface area contributed by atoms with Crippen LogP contribution in [0.3, 0.4) is 0 Å². The molecule has 0 aliphatic carbocycles. The van der Waals surface area contributed by atoms with Crippen LogP contribution in [-0.2, 0) is 25.7 Å². The molecule has 3 saturated heterocycles. The lowest BCUT2D eigenvalue weighted by molar-refractivity contribution is -0.183. The number of nitrogens with zero attached hydrogens (tertiary/aromatic N) is 3. The van der Waals surface area contributed by atoms with E-state index in [0.717, 1.165) is 10.5 Å². The van der Waals surface area contributed by atoms with Crippen LogP contribution in [0.5, 0.6) is 0 Å². The lowest BCUT2D eigenvalue weighted by atomic mass is 9.82. The van der Waals surface area contributed by atoms with Crippen molar-refractivity contribution < 1.29 is 24.2 Å². The van der Waals surface area contributed by atoms with Crippen molar-refractivity contribution in [3.63, 3.8) is 0 Å². The Morgan fingerprint density at radius 1 is 1.26 bits per heavy atom. The molecule has 0 aromatic heterocycles. The summed E-state index contributed by atoms with van der Waals surface area (Å²) in [5, 5.41) is 10.1. The Balaban J connectivity index is 1.56. The molecule has 8 heteroatoms. The number of aliphatic hydroxyl groups excluding tert-OH is 1. The molecule has 3 fully saturated rings. The van der Waals surface area contributed by atoms with Gasteiger partial charge >= 0.3 is 5.97 Å². The van der Waals surface area contributed by atoms with Crippen LogP contribution in [0, 0.1) is 0 Å². The van der Waals surface area contributed by atoms with E-state index in [1.807, 2.05) is 35.2 Å². The van der Waals surface area contributed by atoms with E-state index in [1.165, 1.54) is 7.11 Å². The number of aliphatic hydroxyl groups is 1. The summed E-state index contributed by atoms with van der Waals surface area (Å²) in [6, 6.07) is 9.40. The highest BCUT2D eigenvalue weighted by Gasteiger charge is 2.64. The fraction of sp³-hybridized carbons (Fsp3) is 0.526. The number of carbonyl (C=O) groups is 3. The van der Waals surface area contributed by atoms with Crippen LogP contribution in [0.4, 0.5) is 0 Å². The van der Waals surface area contributed by atoms with Crippen molar-refractivity contribution in [3.8, 4) is 0 Å². The Bertz CT molecular complexity index is 762. The number of fused-ring (bicyclic) bond motifs is 2. The average molecular weight is 373 g/mol. The molecule has 8 nitrogen and oxygen atoms in total. The number of rotatable bonds is 4. The van der Waals surface area contributed by atoms with Crippen molar-refractivity contribution in [1.82, 2.24) is 14.7 Å². The largest absolute Gasteiger partial charge is 0.468 e. The number of amides is 2. The molecule has 1 aromatic carbocycles. The number of β-amino-alcohol motifs (C(OH)–C–C–N with tert-alkyl or cyclic N) is 1. The summed E-state index contributed by atoms with van der Waals surface area (Å²) >= 11 is 0. The van der Waals surface area contributed by atoms with Gasteiger partial charge in [-0.05, 0) is 12.0 Å². The highest BCUT2D eigenvalue weighted by molar-refractivity contribution is 6.07. The van der Waals surface area contributed by atoms with E-state index in [9.17, 15) is 19.5 Å². The zero-order chi connectivity index (χ0) is 19.2. The van der Waals surface area contributed by atoms with Gasteiger partial charge in [-0.2, -0.15) is 0 Å². The molecule has 0 bridgehead atoms. The first-order valence-corrected chi connectivity index (χ1v) is 9.08. The fourth-order valence-electron chi connectivity index (χ4n) is 4.48. The van der Waals surface area contributed by atoms with Gasteiger partial charge in [-0.15, -0.1) is 0 Å². The monoisotopic (exact) mass is 373 g/mol. The third kappa shape index (κ3) is 2.93. The minimum atomic E-state index is -0.862. The lowest BCUT2D eigenvalue weighted by Crippen LogP contribution is -2.81. The summed E-state index contributed by atoms with van der Waals surface area (Å²) in [4.78, 5) is 42.6. The summed E-state index contributed by atoms with van der Waals surface area (Å²) in [5.74, 6) is -1.42. The molecule has 1 aromatic rings. The first kappa shape index (κ1) is 18.1. The van der Waals surface area contributed by atoms with E-state index in [-0.39, 0.29) is 18.9 Å². The number of hydrogen-bond donors (Lipinski definition) is 1. The predicted molar refractivity (Wildman–Crippen MR) is 94.3 cm³/mol. The number of likely N-dealkylation sites (tertiary alicyclic amines) is 1.